The Bertz CT molecular complexity index is 674. The first-order valence-electron chi connectivity index (χ1n) is 8.66. The Morgan fingerprint density at radius 2 is 1.57 bits per heavy atom. The highest BCUT2D eigenvalue weighted by molar-refractivity contribution is 5.48. The number of para-hydroxylation sites is 1. The molecule has 0 radical (unpaired) electrons. The third kappa shape index (κ3) is 3.36. The van der Waals surface area contributed by atoms with Gasteiger partial charge in [-0.05, 0) is 60.4 Å². The minimum absolute atomic E-state index is 0.369. The zero-order chi connectivity index (χ0) is 16.4. The summed E-state index contributed by atoms with van der Waals surface area (Å²) >= 11 is 0. The molecule has 2 aromatic rings. The second-order valence-corrected chi connectivity index (χ2v) is 6.94. The number of phenols is 2. The molecule has 2 heteroatoms. The third-order valence-electron chi connectivity index (χ3n) is 5.14. The first-order valence-corrected chi connectivity index (χ1v) is 8.66. The van der Waals surface area contributed by atoms with Crippen molar-refractivity contribution in [1.29, 1.82) is 0 Å². The molecule has 0 unspecified atom stereocenters. The predicted molar refractivity (Wildman–Crippen MR) is 94.3 cm³/mol. The fourth-order valence-electron chi connectivity index (χ4n) is 3.86. The number of aromatic hydroxyl groups is 2. The summed E-state index contributed by atoms with van der Waals surface area (Å²) in [5.41, 5.74) is 5.02. The molecule has 2 aromatic carbocycles. The lowest BCUT2D eigenvalue weighted by molar-refractivity contribution is 0.412. The lowest BCUT2D eigenvalue weighted by Crippen LogP contribution is -2.05. The fourth-order valence-corrected chi connectivity index (χ4v) is 3.86. The van der Waals surface area contributed by atoms with Gasteiger partial charge >= 0.3 is 0 Å². The summed E-state index contributed by atoms with van der Waals surface area (Å²) in [6.45, 7) is 3.84. The summed E-state index contributed by atoms with van der Waals surface area (Å²) in [6, 6.07) is 10.2. The quantitative estimate of drug-likeness (QED) is 0.802. The number of benzene rings is 2. The zero-order valence-electron chi connectivity index (χ0n) is 14.1. The lowest BCUT2D eigenvalue weighted by atomic mass is 9.82. The van der Waals surface area contributed by atoms with Crippen LogP contribution >= 0.6 is 0 Å². The Hall–Kier alpha value is -1.96. The van der Waals surface area contributed by atoms with Crippen LogP contribution in [0.15, 0.2) is 30.3 Å². The molecule has 1 fully saturated rings. The maximum Gasteiger partial charge on any atom is 0.122 e. The number of rotatable bonds is 3. The fraction of sp³-hybridized carbons (Fsp3) is 0.429. The van der Waals surface area contributed by atoms with Crippen molar-refractivity contribution in [3.8, 4) is 11.5 Å². The molecule has 122 valence electrons. The minimum atomic E-state index is 0.369. The molecular formula is C21H26O2. The van der Waals surface area contributed by atoms with Gasteiger partial charge in [-0.2, -0.15) is 0 Å². The van der Waals surface area contributed by atoms with Crippen LogP contribution in [0.2, 0.25) is 0 Å². The van der Waals surface area contributed by atoms with Crippen molar-refractivity contribution in [2.24, 2.45) is 0 Å². The van der Waals surface area contributed by atoms with E-state index in [9.17, 15) is 10.2 Å². The molecule has 0 amide bonds. The van der Waals surface area contributed by atoms with Gasteiger partial charge in [0, 0.05) is 6.42 Å². The molecule has 3 rings (SSSR count). The van der Waals surface area contributed by atoms with Crippen LogP contribution in [0.25, 0.3) is 0 Å². The summed E-state index contributed by atoms with van der Waals surface area (Å²) in [6.07, 6.45) is 6.94. The van der Waals surface area contributed by atoms with Crippen LogP contribution in [0.4, 0.5) is 0 Å². The van der Waals surface area contributed by atoms with Crippen molar-refractivity contribution < 1.29 is 10.2 Å². The molecule has 0 saturated heterocycles. The normalized spacial score (nSPS) is 15.7. The van der Waals surface area contributed by atoms with Gasteiger partial charge < -0.3 is 10.2 Å². The average Bonchev–Trinajstić information content (AvgIpc) is 2.55. The standard InChI is InChI=1S/C21H26O2/c1-14-11-16(12-15(2)20(14)22)13-18-9-6-10-19(21(18)23)17-7-4-3-5-8-17/h6,9-12,17,22-23H,3-5,7-8,13H2,1-2H3. The summed E-state index contributed by atoms with van der Waals surface area (Å²) < 4.78 is 0. The second-order valence-electron chi connectivity index (χ2n) is 6.94. The van der Waals surface area contributed by atoms with Crippen molar-refractivity contribution in [3.05, 3.63) is 58.1 Å². The Morgan fingerprint density at radius 3 is 2.22 bits per heavy atom. The predicted octanol–water partition coefficient (Wildman–Crippen LogP) is 5.35. The van der Waals surface area contributed by atoms with Crippen molar-refractivity contribution >= 4 is 0 Å². The number of hydrogen-bond acceptors (Lipinski definition) is 2. The Morgan fingerprint density at radius 1 is 0.913 bits per heavy atom. The van der Waals surface area contributed by atoms with E-state index in [1.165, 1.54) is 32.1 Å². The van der Waals surface area contributed by atoms with Gasteiger partial charge in [0.15, 0.2) is 0 Å². The molecule has 1 aliphatic rings. The van der Waals surface area contributed by atoms with Gasteiger partial charge in [0.25, 0.3) is 0 Å². The van der Waals surface area contributed by atoms with Crippen LogP contribution in [0.1, 0.15) is 65.8 Å². The number of hydrogen-bond donors (Lipinski definition) is 2. The van der Waals surface area contributed by atoms with E-state index in [-0.39, 0.29) is 0 Å². The molecule has 2 N–H and O–H groups in total. The van der Waals surface area contributed by atoms with Gasteiger partial charge in [-0.3, -0.25) is 0 Å². The monoisotopic (exact) mass is 310 g/mol. The molecule has 1 saturated carbocycles. The summed E-state index contributed by atoms with van der Waals surface area (Å²) in [5, 5.41) is 20.7. The first-order chi connectivity index (χ1) is 11.1. The Labute approximate surface area is 138 Å². The second kappa shape index (κ2) is 6.66. The van der Waals surface area contributed by atoms with E-state index in [0.717, 1.165) is 27.8 Å². The molecule has 0 spiro atoms. The minimum Gasteiger partial charge on any atom is -0.507 e. The molecule has 0 heterocycles. The van der Waals surface area contributed by atoms with E-state index in [4.69, 9.17) is 0 Å². The summed E-state index contributed by atoms with van der Waals surface area (Å²) in [5.74, 6) is 1.35. The molecular weight excluding hydrogens is 284 g/mol. The third-order valence-corrected chi connectivity index (χ3v) is 5.14. The van der Waals surface area contributed by atoms with Crippen LogP contribution in [0.3, 0.4) is 0 Å². The number of aryl methyl sites for hydroxylation is 2. The van der Waals surface area contributed by atoms with Crippen molar-refractivity contribution in [2.75, 3.05) is 0 Å². The molecule has 0 atom stereocenters. The van der Waals surface area contributed by atoms with E-state index in [2.05, 4.69) is 12.1 Å². The van der Waals surface area contributed by atoms with Crippen LogP contribution in [-0.4, -0.2) is 10.2 Å². The van der Waals surface area contributed by atoms with E-state index in [1.54, 1.807) is 0 Å². The first kappa shape index (κ1) is 15.9. The van der Waals surface area contributed by atoms with Gasteiger partial charge in [0.1, 0.15) is 11.5 Å². The van der Waals surface area contributed by atoms with Gasteiger partial charge in [-0.1, -0.05) is 49.6 Å². The zero-order valence-corrected chi connectivity index (χ0v) is 14.1. The largest absolute Gasteiger partial charge is 0.507 e. The maximum atomic E-state index is 10.7. The summed E-state index contributed by atoms with van der Waals surface area (Å²) in [4.78, 5) is 0. The smallest absolute Gasteiger partial charge is 0.122 e. The maximum absolute atomic E-state index is 10.7. The van der Waals surface area contributed by atoms with Gasteiger partial charge in [-0.25, -0.2) is 0 Å². The highest BCUT2D eigenvalue weighted by atomic mass is 16.3. The van der Waals surface area contributed by atoms with Crippen LogP contribution in [0.5, 0.6) is 11.5 Å². The van der Waals surface area contributed by atoms with E-state index in [0.29, 0.717) is 23.8 Å². The van der Waals surface area contributed by atoms with Gasteiger partial charge in [-0.15, -0.1) is 0 Å². The van der Waals surface area contributed by atoms with Crippen LogP contribution in [0, 0.1) is 13.8 Å². The molecule has 0 aromatic heterocycles. The Kier molecular flexibility index (Phi) is 4.61. The van der Waals surface area contributed by atoms with Crippen molar-refractivity contribution in [3.63, 3.8) is 0 Å². The highest BCUT2D eigenvalue weighted by Gasteiger charge is 2.20. The van der Waals surface area contributed by atoms with Crippen molar-refractivity contribution in [2.45, 2.75) is 58.3 Å². The average molecular weight is 310 g/mol. The van der Waals surface area contributed by atoms with Crippen molar-refractivity contribution in [1.82, 2.24) is 0 Å². The molecule has 0 bridgehead atoms. The van der Waals surface area contributed by atoms with Gasteiger partial charge in [0.2, 0.25) is 0 Å². The van der Waals surface area contributed by atoms with Crippen LogP contribution in [-0.2, 0) is 6.42 Å². The van der Waals surface area contributed by atoms with E-state index >= 15 is 0 Å². The molecule has 0 aliphatic heterocycles. The number of phenolic OH excluding ortho intramolecular Hbond substituents is 2. The van der Waals surface area contributed by atoms with Gasteiger partial charge in [0.05, 0.1) is 0 Å². The topological polar surface area (TPSA) is 40.5 Å². The highest BCUT2D eigenvalue weighted by Crippen LogP contribution is 2.39. The molecule has 2 nitrogen and oxygen atoms in total. The molecule has 23 heavy (non-hydrogen) atoms. The van der Waals surface area contributed by atoms with Crippen LogP contribution < -0.4 is 0 Å². The SMILES string of the molecule is Cc1cc(Cc2cccc(C3CCCCC3)c2O)cc(C)c1O. The lowest BCUT2D eigenvalue weighted by Gasteiger charge is -2.23. The Balaban J connectivity index is 1.88. The molecule has 1 aliphatic carbocycles. The van der Waals surface area contributed by atoms with E-state index < -0.39 is 0 Å². The van der Waals surface area contributed by atoms with E-state index in [1.807, 2.05) is 32.0 Å². The summed E-state index contributed by atoms with van der Waals surface area (Å²) in [7, 11) is 0.